The van der Waals surface area contributed by atoms with E-state index in [1.54, 1.807) is 18.3 Å². The van der Waals surface area contributed by atoms with Crippen LogP contribution in [-0.2, 0) is 6.54 Å². The van der Waals surface area contributed by atoms with E-state index in [0.29, 0.717) is 17.3 Å². The first-order chi connectivity index (χ1) is 16.5. The molecule has 1 aliphatic rings. The van der Waals surface area contributed by atoms with Crippen LogP contribution in [-0.4, -0.2) is 63.6 Å². The summed E-state index contributed by atoms with van der Waals surface area (Å²) in [5, 5.41) is 16.4. The molecule has 0 aliphatic carbocycles. The van der Waals surface area contributed by atoms with Crippen LogP contribution in [0.3, 0.4) is 0 Å². The highest BCUT2D eigenvalue weighted by molar-refractivity contribution is 7.18. The minimum Gasteiger partial charge on any atom is -0.472 e. The highest BCUT2D eigenvalue weighted by atomic mass is 35.5. The van der Waals surface area contributed by atoms with E-state index < -0.39 is 12.3 Å². The molecule has 178 valence electrons. The zero-order valence-electron chi connectivity index (χ0n) is 19.1. The van der Waals surface area contributed by atoms with E-state index in [-0.39, 0.29) is 0 Å². The lowest BCUT2D eigenvalue weighted by atomic mass is 10.1. The second-order valence-electron chi connectivity index (χ2n) is 8.59. The van der Waals surface area contributed by atoms with Crippen LogP contribution in [0.4, 0.5) is 0 Å². The average Bonchev–Trinajstić information content (AvgIpc) is 3.43. The van der Waals surface area contributed by atoms with E-state index in [2.05, 4.69) is 19.9 Å². The van der Waals surface area contributed by atoms with E-state index >= 15 is 0 Å². The predicted molar refractivity (Wildman–Crippen MR) is 134 cm³/mol. The SMILES string of the molecule is Cc1nc2cc(OC([C@H](C)O)N3CCN(Cc4cc(-c5ccccc5Cl)on4)CC3)ccc2s1. The molecule has 34 heavy (non-hydrogen) atoms. The highest BCUT2D eigenvalue weighted by Gasteiger charge is 2.29. The van der Waals surface area contributed by atoms with Crippen LogP contribution in [0.5, 0.6) is 5.75 Å². The Hall–Kier alpha value is -2.49. The molecule has 0 radical (unpaired) electrons. The van der Waals surface area contributed by atoms with Gasteiger partial charge in [-0.1, -0.05) is 28.9 Å². The molecule has 2 aromatic heterocycles. The molecule has 1 fully saturated rings. The summed E-state index contributed by atoms with van der Waals surface area (Å²) in [4.78, 5) is 9.07. The van der Waals surface area contributed by atoms with Crippen LogP contribution in [0, 0.1) is 6.92 Å². The quantitative estimate of drug-likeness (QED) is 0.391. The van der Waals surface area contributed by atoms with Crippen molar-refractivity contribution < 1.29 is 14.4 Å². The van der Waals surface area contributed by atoms with Gasteiger partial charge in [-0.3, -0.25) is 9.80 Å². The maximum Gasteiger partial charge on any atom is 0.178 e. The van der Waals surface area contributed by atoms with E-state index in [0.717, 1.165) is 58.4 Å². The van der Waals surface area contributed by atoms with Gasteiger partial charge in [0.25, 0.3) is 0 Å². The second kappa shape index (κ2) is 10.0. The Morgan fingerprint density at radius 3 is 2.71 bits per heavy atom. The lowest BCUT2D eigenvalue weighted by Crippen LogP contribution is -2.55. The summed E-state index contributed by atoms with van der Waals surface area (Å²) < 4.78 is 12.9. The summed E-state index contributed by atoms with van der Waals surface area (Å²) in [6, 6.07) is 15.5. The Morgan fingerprint density at radius 2 is 1.94 bits per heavy atom. The third kappa shape index (κ3) is 5.11. The van der Waals surface area contributed by atoms with Crippen LogP contribution in [0.15, 0.2) is 53.1 Å². The molecule has 1 saturated heterocycles. The molecule has 9 heteroatoms. The van der Waals surface area contributed by atoms with Crippen molar-refractivity contribution >= 4 is 33.2 Å². The molecule has 1 aliphatic heterocycles. The van der Waals surface area contributed by atoms with Crippen LogP contribution in [0.2, 0.25) is 5.02 Å². The molecule has 2 aromatic carbocycles. The van der Waals surface area contributed by atoms with Crippen molar-refractivity contribution in [2.24, 2.45) is 0 Å². The lowest BCUT2D eigenvalue weighted by molar-refractivity contribution is -0.0752. The molecule has 2 atom stereocenters. The number of rotatable bonds is 7. The molecule has 4 aromatic rings. The minimum atomic E-state index is -0.631. The van der Waals surface area contributed by atoms with Crippen molar-refractivity contribution in [3.8, 4) is 17.1 Å². The minimum absolute atomic E-state index is 0.418. The number of ether oxygens (including phenoxy) is 1. The summed E-state index contributed by atoms with van der Waals surface area (Å²) in [5.74, 6) is 1.40. The largest absolute Gasteiger partial charge is 0.472 e. The molecule has 0 saturated carbocycles. The van der Waals surface area contributed by atoms with Crippen molar-refractivity contribution in [2.75, 3.05) is 26.2 Å². The first-order valence-electron chi connectivity index (χ1n) is 11.3. The molecule has 3 heterocycles. The molecular formula is C25H27ClN4O3S. The van der Waals surface area contributed by atoms with Gasteiger partial charge in [-0.15, -0.1) is 11.3 Å². The van der Waals surface area contributed by atoms with Crippen molar-refractivity contribution in [2.45, 2.75) is 32.7 Å². The number of aromatic nitrogens is 2. The smallest absolute Gasteiger partial charge is 0.178 e. The Morgan fingerprint density at radius 1 is 1.15 bits per heavy atom. The Labute approximate surface area is 207 Å². The predicted octanol–water partition coefficient (Wildman–Crippen LogP) is 4.82. The van der Waals surface area contributed by atoms with Crippen molar-refractivity contribution in [3.05, 3.63) is 64.3 Å². The summed E-state index contributed by atoms with van der Waals surface area (Å²) in [5.41, 5.74) is 2.65. The number of halogens is 1. The fourth-order valence-electron chi connectivity index (χ4n) is 4.29. The van der Waals surface area contributed by atoms with Gasteiger partial charge in [-0.2, -0.15) is 0 Å². The summed E-state index contributed by atoms with van der Waals surface area (Å²) in [6.45, 7) is 7.71. The molecule has 7 nitrogen and oxygen atoms in total. The molecule has 0 bridgehead atoms. The highest BCUT2D eigenvalue weighted by Crippen LogP contribution is 2.29. The van der Waals surface area contributed by atoms with E-state index in [1.165, 1.54) is 0 Å². The van der Waals surface area contributed by atoms with Gasteiger partial charge in [0.2, 0.25) is 0 Å². The van der Waals surface area contributed by atoms with Gasteiger partial charge >= 0.3 is 0 Å². The molecule has 5 rings (SSSR count). The maximum absolute atomic E-state index is 10.5. The Balaban J connectivity index is 1.20. The second-order valence-corrected chi connectivity index (χ2v) is 10.2. The topological polar surface area (TPSA) is 74.9 Å². The van der Waals surface area contributed by atoms with E-state index in [4.69, 9.17) is 20.9 Å². The number of fused-ring (bicyclic) bond motifs is 1. The summed E-state index contributed by atoms with van der Waals surface area (Å²) in [7, 11) is 0. The van der Waals surface area contributed by atoms with E-state index in [1.807, 2.05) is 55.5 Å². The maximum atomic E-state index is 10.5. The van der Waals surface area contributed by atoms with Gasteiger partial charge in [-0.05, 0) is 38.1 Å². The van der Waals surface area contributed by atoms with Gasteiger partial charge in [0.1, 0.15) is 11.9 Å². The van der Waals surface area contributed by atoms with Gasteiger partial charge in [-0.25, -0.2) is 4.98 Å². The Bertz CT molecular complexity index is 1270. The van der Waals surface area contributed by atoms with Crippen molar-refractivity contribution in [1.29, 1.82) is 0 Å². The monoisotopic (exact) mass is 498 g/mol. The lowest BCUT2D eigenvalue weighted by Gasteiger charge is -2.39. The fraction of sp³-hybridized carbons (Fsp3) is 0.360. The van der Waals surface area contributed by atoms with Crippen molar-refractivity contribution in [1.82, 2.24) is 19.9 Å². The number of hydrogen-bond donors (Lipinski definition) is 1. The number of benzene rings is 2. The number of nitrogens with zero attached hydrogens (tertiary/aromatic N) is 4. The van der Waals surface area contributed by atoms with Gasteiger partial charge in [0.05, 0.1) is 25.9 Å². The zero-order valence-corrected chi connectivity index (χ0v) is 20.7. The Kier molecular flexibility index (Phi) is 6.85. The van der Waals surface area contributed by atoms with Crippen LogP contribution < -0.4 is 4.74 Å². The number of hydrogen-bond acceptors (Lipinski definition) is 8. The third-order valence-corrected chi connectivity index (χ3v) is 7.27. The third-order valence-electron chi connectivity index (χ3n) is 5.99. The zero-order chi connectivity index (χ0) is 23.7. The molecular weight excluding hydrogens is 472 g/mol. The molecule has 1 N–H and O–H groups in total. The van der Waals surface area contributed by atoms with Crippen LogP contribution in [0.25, 0.3) is 21.5 Å². The summed E-state index contributed by atoms with van der Waals surface area (Å²) in [6.07, 6.45) is -1.05. The van der Waals surface area contributed by atoms with Crippen LogP contribution >= 0.6 is 22.9 Å². The number of aryl methyl sites for hydroxylation is 1. The molecule has 0 amide bonds. The fourth-order valence-corrected chi connectivity index (χ4v) is 5.33. The van der Waals surface area contributed by atoms with E-state index in [9.17, 15) is 5.11 Å². The average molecular weight is 499 g/mol. The molecule has 0 spiro atoms. The van der Waals surface area contributed by atoms with Gasteiger partial charge in [0.15, 0.2) is 12.0 Å². The first-order valence-corrected chi connectivity index (χ1v) is 12.5. The number of aliphatic hydroxyl groups excluding tert-OH is 1. The number of piperazine rings is 1. The standard InChI is InChI=1S/C25H27ClN4O3S/c1-16(31)25(32-19-7-8-24-22(14-19)27-17(2)34-24)30-11-9-29(10-12-30)15-18-13-23(33-28-18)20-5-3-4-6-21(20)26/h3-8,13-14,16,25,31H,9-12,15H2,1-2H3/t16-,25?/m0/s1. The summed E-state index contributed by atoms with van der Waals surface area (Å²) >= 11 is 7.95. The van der Waals surface area contributed by atoms with Gasteiger partial charge < -0.3 is 14.4 Å². The van der Waals surface area contributed by atoms with Gasteiger partial charge in [0, 0.05) is 50.4 Å². The molecule has 1 unspecified atom stereocenters. The normalized spacial score (nSPS) is 17.2. The number of thiazole rings is 1. The van der Waals surface area contributed by atoms with Crippen LogP contribution in [0.1, 0.15) is 17.6 Å². The van der Waals surface area contributed by atoms with Crippen molar-refractivity contribution in [3.63, 3.8) is 0 Å². The first kappa shape index (κ1) is 23.3. The number of aliphatic hydroxyl groups is 1.